The van der Waals surface area contributed by atoms with E-state index in [1.807, 2.05) is 12.1 Å². The lowest BCUT2D eigenvalue weighted by Gasteiger charge is -2.36. The van der Waals surface area contributed by atoms with E-state index in [1.165, 1.54) is 0 Å². The summed E-state index contributed by atoms with van der Waals surface area (Å²) < 4.78 is 68.4. The molecule has 3 aromatic carbocycles. The molecule has 1 unspecified atom stereocenters. The molecule has 0 aromatic heterocycles. The smallest absolute Gasteiger partial charge is 0.367 e. The third-order valence-corrected chi connectivity index (χ3v) is 9.47. The molecule has 0 saturated carbocycles. The lowest BCUT2D eigenvalue weighted by molar-refractivity contribution is -0.145. The number of alkyl halides is 3. The highest BCUT2D eigenvalue weighted by atomic mass is 32.2. The molecule has 1 N–H and O–H groups in total. The Bertz CT molecular complexity index is 1460. The molecule has 2 atom stereocenters. The van der Waals surface area contributed by atoms with Crippen LogP contribution in [-0.2, 0) is 27.3 Å². The van der Waals surface area contributed by atoms with Crippen molar-refractivity contribution in [1.82, 2.24) is 10.2 Å². The third-order valence-electron chi connectivity index (χ3n) is 7.72. The van der Waals surface area contributed by atoms with Gasteiger partial charge in [0.2, 0.25) is 0 Å². The Morgan fingerprint density at radius 1 is 0.976 bits per heavy atom. The number of amides is 1. The molecule has 0 spiro atoms. The molecule has 2 aliphatic heterocycles. The molecule has 3 aromatic rings. The van der Waals surface area contributed by atoms with Crippen LogP contribution in [-0.4, -0.2) is 57.6 Å². The second kappa shape index (κ2) is 11.8. The van der Waals surface area contributed by atoms with Gasteiger partial charge in [0.05, 0.1) is 16.2 Å². The number of hydrogen-bond acceptors (Lipinski definition) is 6. The summed E-state index contributed by atoms with van der Waals surface area (Å²) in [5, 5.41) is 2.87. The van der Waals surface area contributed by atoms with Gasteiger partial charge in [-0.3, -0.25) is 9.69 Å². The Labute approximate surface area is 237 Å². The summed E-state index contributed by atoms with van der Waals surface area (Å²) in [6.07, 6.45) is -3.57. The van der Waals surface area contributed by atoms with Gasteiger partial charge in [-0.05, 0) is 66.1 Å². The Morgan fingerprint density at radius 3 is 2.20 bits per heavy atom. The quantitative estimate of drug-likeness (QED) is 0.378. The Kier molecular flexibility index (Phi) is 8.40. The van der Waals surface area contributed by atoms with Gasteiger partial charge in [-0.2, -0.15) is 13.2 Å². The number of ether oxygens (including phenoxy) is 1. The monoisotopic (exact) mass is 587 g/mol. The van der Waals surface area contributed by atoms with Gasteiger partial charge in [0, 0.05) is 42.8 Å². The van der Waals surface area contributed by atoms with E-state index < -0.39 is 21.6 Å². The maximum absolute atomic E-state index is 13.0. The number of hydrogen-bond donors (Lipinski definition) is 1. The zero-order valence-electron chi connectivity index (χ0n) is 22.6. The molecule has 11 heteroatoms. The maximum Gasteiger partial charge on any atom is 0.416 e. The largest absolute Gasteiger partial charge is 0.416 e. The van der Waals surface area contributed by atoms with Crippen LogP contribution < -0.4 is 10.2 Å². The lowest BCUT2D eigenvalue weighted by Crippen LogP contribution is -2.47. The molecule has 41 heavy (non-hydrogen) atoms. The van der Waals surface area contributed by atoms with Crippen LogP contribution in [0.25, 0.3) is 0 Å². The number of rotatable bonds is 9. The van der Waals surface area contributed by atoms with Gasteiger partial charge in [0.1, 0.15) is 13.5 Å². The number of carbonyl (C=O) groups excluding carboxylic acids is 1. The lowest BCUT2D eigenvalue weighted by atomic mass is 9.95. The summed E-state index contributed by atoms with van der Waals surface area (Å²) in [5.41, 5.74) is 2.44. The van der Waals surface area contributed by atoms with Crippen molar-refractivity contribution in [2.45, 2.75) is 42.9 Å². The van der Waals surface area contributed by atoms with E-state index in [0.717, 1.165) is 41.9 Å². The minimum Gasteiger partial charge on any atom is -0.367 e. The number of anilines is 1. The van der Waals surface area contributed by atoms with Crippen LogP contribution in [0.15, 0.2) is 77.7 Å². The molecule has 2 fully saturated rings. The Balaban J connectivity index is 1.24. The third kappa shape index (κ3) is 6.74. The first kappa shape index (κ1) is 29.1. The van der Waals surface area contributed by atoms with Crippen molar-refractivity contribution >= 4 is 21.4 Å². The van der Waals surface area contributed by atoms with Gasteiger partial charge in [-0.1, -0.05) is 31.2 Å². The zero-order chi connectivity index (χ0) is 29.2. The predicted octanol–water partition coefficient (Wildman–Crippen LogP) is 5.04. The molecule has 0 bridgehead atoms. The Morgan fingerprint density at radius 2 is 1.63 bits per heavy atom. The number of nitrogens with zero attached hydrogens (tertiary/aromatic N) is 2. The molecule has 0 aliphatic carbocycles. The van der Waals surface area contributed by atoms with Gasteiger partial charge >= 0.3 is 6.18 Å². The zero-order valence-corrected chi connectivity index (χ0v) is 23.4. The normalized spacial score (nSPS) is 19.7. The average molecular weight is 588 g/mol. The van der Waals surface area contributed by atoms with E-state index in [2.05, 4.69) is 15.1 Å². The number of carbonyl (C=O) groups is 1. The molecule has 7 nitrogen and oxygen atoms in total. The highest BCUT2D eigenvalue weighted by Crippen LogP contribution is 2.37. The van der Waals surface area contributed by atoms with Gasteiger partial charge in [-0.15, -0.1) is 0 Å². The van der Waals surface area contributed by atoms with Crippen molar-refractivity contribution in [2.24, 2.45) is 0 Å². The second-order valence-corrected chi connectivity index (χ2v) is 12.7. The van der Waals surface area contributed by atoms with E-state index in [0.29, 0.717) is 25.6 Å². The molecule has 0 radical (unpaired) electrons. The van der Waals surface area contributed by atoms with E-state index in [4.69, 9.17) is 4.74 Å². The van der Waals surface area contributed by atoms with Gasteiger partial charge in [0.15, 0.2) is 9.84 Å². The fraction of sp³-hybridized carbons (Fsp3) is 0.367. The SMILES string of the molecule is CCS(=O)(=O)c1ccc(CNC(=O)c2ccc(N3CC(c4ccc(C(F)(F)F)cc4)C[C@H]3CN3COC3)cc2)cc1. The van der Waals surface area contributed by atoms with Crippen LogP contribution >= 0.6 is 0 Å². The maximum atomic E-state index is 13.0. The molecule has 2 heterocycles. The molecule has 2 saturated heterocycles. The van der Waals surface area contributed by atoms with Crippen molar-refractivity contribution in [2.75, 3.05) is 37.2 Å². The minimum atomic E-state index is -4.36. The highest BCUT2D eigenvalue weighted by Gasteiger charge is 2.36. The van der Waals surface area contributed by atoms with E-state index in [9.17, 15) is 26.4 Å². The predicted molar refractivity (Wildman–Crippen MR) is 149 cm³/mol. The first-order valence-electron chi connectivity index (χ1n) is 13.5. The molecule has 218 valence electrons. The average Bonchev–Trinajstić information content (AvgIpc) is 3.37. The number of benzene rings is 3. The van der Waals surface area contributed by atoms with Gasteiger partial charge < -0.3 is 15.0 Å². The van der Waals surface area contributed by atoms with E-state index >= 15 is 0 Å². The van der Waals surface area contributed by atoms with Crippen molar-refractivity contribution in [3.8, 4) is 0 Å². The van der Waals surface area contributed by atoms with Crippen molar-refractivity contribution in [1.29, 1.82) is 0 Å². The summed E-state index contributed by atoms with van der Waals surface area (Å²) >= 11 is 0. The number of halogens is 3. The first-order valence-corrected chi connectivity index (χ1v) is 15.1. The molecule has 5 rings (SSSR count). The van der Waals surface area contributed by atoms with Crippen LogP contribution in [0.5, 0.6) is 0 Å². The second-order valence-electron chi connectivity index (χ2n) is 10.5. The number of sulfone groups is 1. The van der Waals surface area contributed by atoms with Gasteiger partial charge in [-0.25, -0.2) is 8.42 Å². The highest BCUT2D eigenvalue weighted by molar-refractivity contribution is 7.91. The molecule has 2 aliphatic rings. The van der Waals surface area contributed by atoms with Crippen LogP contribution in [0.2, 0.25) is 0 Å². The summed E-state index contributed by atoms with van der Waals surface area (Å²) in [4.78, 5) is 17.5. The molecular weight excluding hydrogens is 555 g/mol. The van der Waals surface area contributed by atoms with Gasteiger partial charge in [0.25, 0.3) is 5.91 Å². The van der Waals surface area contributed by atoms with Crippen molar-refractivity contribution < 1.29 is 31.1 Å². The summed E-state index contributed by atoms with van der Waals surface area (Å²) in [7, 11) is -3.28. The molecule has 1 amide bonds. The summed E-state index contributed by atoms with van der Waals surface area (Å²) in [5.74, 6) is -0.147. The van der Waals surface area contributed by atoms with E-state index in [1.54, 1.807) is 55.5 Å². The Hall–Kier alpha value is -3.41. The van der Waals surface area contributed by atoms with Crippen LogP contribution in [0.4, 0.5) is 18.9 Å². The fourth-order valence-corrected chi connectivity index (χ4v) is 6.17. The molecular formula is C30H32F3N3O4S. The fourth-order valence-electron chi connectivity index (χ4n) is 5.29. The summed E-state index contributed by atoms with van der Waals surface area (Å²) in [6, 6.07) is 19.4. The van der Waals surface area contributed by atoms with Crippen LogP contribution in [0, 0.1) is 0 Å². The van der Waals surface area contributed by atoms with E-state index in [-0.39, 0.29) is 35.1 Å². The summed E-state index contributed by atoms with van der Waals surface area (Å²) in [6.45, 7) is 4.40. The first-order chi connectivity index (χ1) is 19.5. The van der Waals surface area contributed by atoms with Crippen LogP contribution in [0.3, 0.4) is 0 Å². The topological polar surface area (TPSA) is 79.0 Å². The minimum absolute atomic E-state index is 0.0274. The number of nitrogens with one attached hydrogen (secondary N) is 1. The van der Waals surface area contributed by atoms with Crippen molar-refractivity contribution in [3.63, 3.8) is 0 Å². The van der Waals surface area contributed by atoms with Crippen molar-refractivity contribution in [3.05, 3.63) is 95.1 Å². The van der Waals surface area contributed by atoms with Crippen LogP contribution in [0.1, 0.15) is 46.3 Å². The standard InChI is InChI=1S/C30H32F3N3O4S/c1-2-41(38,39)28-13-3-21(4-14-28)16-34-29(37)23-7-11-26(12-8-23)36-17-24(15-27(36)18-35-19-40-20-35)22-5-9-25(10-6-22)30(31,32)33/h3-14,24,27H,2,15-20H2,1H3,(H,34,37)/t24?,27-/m0/s1.